The molecule has 0 amide bonds. The van der Waals surface area contributed by atoms with Crippen LogP contribution in [0, 0.1) is 0 Å². The number of aromatic hydroxyl groups is 1. The highest BCUT2D eigenvalue weighted by molar-refractivity contribution is 7.89. The fourth-order valence-corrected chi connectivity index (χ4v) is 4.19. The fourth-order valence-electron chi connectivity index (χ4n) is 3.31. The Bertz CT molecular complexity index is 660. The third kappa shape index (κ3) is 14.1. The summed E-state index contributed by atoms with van der Waals surface area (Å²) in [7, 11) is -3.41. The van der Waals surface area contributed by atoms with Crippen LogP contribution in [0.4, 0.5) is 0 Å². The van der Waals surface area contributed by atoms with Crippen LogP contribution in [0.15, 0.2) is 29.4 Å². The minimum Gasteiger partial charge on any atom is -0.507 e. The number of nitrogens with zero attached hydrogens (tertiary/aromatic N) is 1. The summed E-state index contributed by atoms with van der Waals surface area (Å²) < 4.78 is 23.9. The number of nitrogens with one attached hydrogen (secondary N) is 1. The Hall–Kier alpha value is -1.56. The van der Waals surface area contributed by atoms with Crippen LogP contribution in [-0.4, -0.2) is 25.5 Å². The van der Waals surface area contributed by atoms with Crippen LogP contribution in [0.3, 0.4) is 0 Å². The Labute approximate surface area is 178 Å². The maximum atomic E-state index is 11.9. The first-order chi connectivity index (χ1) is 14.0. The van der Waals surface area contributed by atoms with E-state index in [1.807, 2.05) is 0 Å². The zero-order valence-electron chi connectivity index (χ0n) is 18.1. The highest BCUT2D eigenvalue weighted by atomic mass is 32.2. The molecule has 0 heterocycles. The van der Waals surface area contributed by atoms with Gasteiger partial charge in [-0.1, -0.05) is 103 Å². The van der Waals surface area contributed by atoms with Crippen molar-refractivity contribution >= 4 is 16.2 Å². The number of unbranched alkanes of at least 4 members (excludes halogenated alkanes) is 13. The highest BCUT2D eigenvalue weighted by Gasteiger charge is 2.07. The third-order valence-corrected chi connectivity index (χ3v) is 6.31. The molecule has 1 aromatic carbocycles. The number of sulfonamides is 1. The Kier molecular flexibility index (Phi) is 14.3. The molecule has 0 bridgehead atoms. The Balaban J connectivity index is 1.96. The quantitative estimate of drug-likeness (QED) is 0.169. The first-order valence-electron chi connectivity index (χ1n) is 11.4. The van der Waals surface area contributed by atoms with Crippen molar-refractivity contribution < 1.29 is 13.5 Å². The second-order valence-corrected chi connectivity index (χ2v) is 9.64. The van der Waals surface area contributed by atoms with Crippen molar-refractivity contribution in [1.29, 1.82) is 0 Å². The predicted molar refractivity (Wildman–Crippen MR) is 123 cm³/mol. The molecular formula is C23H40N2O3S. The SMILES string of the molecule is CCCCCCCCCCCCCCCCS(=O)(=O)N/N=C\c1ccccc1O. The number of phenolic OH excluding ortho intramolecular Hbond substituents is 1. The molecule has 0 fully saturated rings. The zero-order valence-corrected chi connectivity index (χ0v) is 18.9. The van der Waals surface area contributed by atoms with Crippen molar-refractivity contribution in [3.8, 4) is 5.75 Å². The summed E-state index contributed by atoms with van der Waals surface area (Å²) in [6.45, 7) is 2.25. The van der Waals surface area contributed by atoms with Crippen LogP contribution in [0.5, 0.6) is 5.75 Å². The van der Waals surface area contributed by atoms with Crippen LogP contribution in [0.25, 0.3) is 0 Å². The van der Waals surface area contributed by atoms with Gasteiger partial charge in [-0.25, -0.2) is 13.2 Å². The van der Waals surface area contributed by atoms with Crippen molar-refractivity contribution in [1.82, 2.24) is 4.83 Å². The molecule has 5 nitrogen and oxygen atoms in total. The van der Waals surface area contributed by atoms with E-state index in [1.165, 1.54) is 82.9 Å². The summed E-state index contributed by atoms with van der Waals surface area (Å²) >= 11 is 0. The minimum absolute atomic E-state index is 0.0717. The molecule has 0 aromatic heterocycles. The largest absolute Gasteiger partial charge is 0.507 e. The van der Waals surface area contributed by atoms with Gasteiger partial charge in [-0.15, -0.1) is 0 Å². The van der Waals surface area contributed by atoms with E-state index in [0.29, 0.717) is 12.0 Å². The van der Waals surface area contributed by atoms with Crippen molar-refractivity contribution in [3.63, 3.8) is 0 Å². The van der Waals surface area contributed by atoms with E-state index >= 15 is 0 Å². The number of phenols is 1. The van der Waals surface area contributed by atoms with Gasteiger partial charge in [-0.3, -0.25) is 0 Å². The van der Waals surface area contributed by atoms with Crippen molar-refractivity contribution in [2.45, 2.75) is 96.8 Å². The summed E-state index contributed by atoms with van der Waals surface area (Å²) in [5.41, 5.74) is 0.478. The Morgan fingerprint density at radius 1 is 0.828 bits per heavy atom. The van der Waals surface area contributed by atoms with Crippen LogP contribution in [0.2, 0.25) is 0 Å². The number of benzene rings is 1. The van der Waals surface area contributed by atoms with Gasteiger partial charge in [-0.2, -0.15) is 5.10 Å². The van der Waals surface area contributed by atoms with Gasteiger partial charge in [0, 0.05) is 5.56 Å². The van der Waals surface area contributed by atoms with Crippen molar-refractivity contribution in [3.05, 3.63) is 29.8 Å². The maximum Gasteiger partial charge on any atom is 0.247 e. The Morgan fingerprint density at radius 2 is 1.31 bits per heavy atom. The average molecular weight is 425 g/mol. The van der Waals surface area contributed by atoms with Gasteiger partial charge in [-0.05, 0) is 18.6 Å². The molecular weight excluding hydrogens is 384 g/mol. The van der Waals surface area contributed by atoms with Crippen molar-refractivity contribution in [2.75, 3.05) is 5.75 Å². The van der Waals surface area contributed by atoms with E-state index in [2.05, 4.69) is 16.9 Å². The number of para-hydroxylation sites is 1. The van der Waals surface area contributed by atoms with Gasteiger partial charge in [0.15, 0.2) is 0 Å². The molecule has 0 aliphatic carbocycles. The van der Waals surface area contributed by atoms with Gasteiger partial charge in [0.05, 0.1) is 12.0 Å². The standard InChI is InChI=1S/C23H40N2O3S/c1-2-3-4-5-6-7-8-9-10-11-12-13-14-17-20-29(27,28)25-24-21-22-18-15-16-19-23(22)26/h15-16,18-19,21,25-26H,2-14,17,20H2,1H3/b24-21-. The molecule has 0 saturated heterocycles. The van der Waals surface area contributed by atoms with Crippen molar-refractivity contribution in [2.24, 2.45) is 5.10 Å². The van der Waals surface area contributed by atoms with Crippen LogP contribution in [-0.2, 0) is 10.0 Å². The van der Waals surface area contributed by atoms with Crippen LogP contribution in [0.1, 0.15) is 102 Å². The zero-order chi connectivity index (χ0) is 21.2. The smallest absolute Gasteiger partial charge is 0.247 e. The fraction of sp³-hybridized carbons (Fsp3) is 0.696. The topological polar surface area (TPSA) is 78.8 Å². The van der Waals surface area contributed by atoms with Gasteiger partial charge in [0.2, 0.25) is 10.0 Å². The molecule has 1 rings (SSSR count). The molecule has 0 radical (unpaired) electrons. The monoisotopic (exact) mass is 424 g/mol. The lowest BCUT2D eigenvalue weighted by Crippen LogP contribution is -2.21. The number of hydrazone groups is 1. The normalized spacial score (nSPS) is 11.9. The lowest BCUT2D eigenvalue weighted by molar-refractivity contribution is 0.474. The number of hydrogen-bond donors (Lipinski definition) is 2. The van der Waals surface area contributed by atoms with E-state index < -0.39 is 10.0 Å². The molecule has 0 unspecified atom stereocenters. The summed E-state index contributed by atoms with van der Waals surface area (Å²) in [6.07, 6.45) is 18.7. The summed E-state index contributed by atoms with van der Waals surface area (Å²) in [6, 6.07) is 6.65. The van der Waals surface area contributed by atoms with Crippen LogP contribution < -0.4 is 4.83 Å². The third-order valence-electron chi connectivity index (χ3n) is 5.10. The molecule has 0 aliphatic rings. The van der Waals surface area contributed by atoms with Gasteiger partial charge < -0.3 is 5.11 Å². The summed E-state index contributed by atoms with van der Waals surface area (Å²) in [5.74, 6) is 0.158. The molecule has 0 spiro atoms. The number of hydrogen-bond acceptors (Lipinski definition) is 4. The maximum absolute atomic E-state index is 11.9. The first kappa shape index (κ1) is 25.5. The lowest BCUT2D eigenvalue weighted by atomic mass is 10.0. The van der Waals surface area contributed by atoms with E-state index in [9.17, 15) is 13.5 Å². The van der Waals surface area contributed by atoms with Crippen LogP contribution >= 0.6 is 0 Å². The summed E-state index contributed by atoms with van der Waals surface area (Å²) in [4.78, 5) is 2.21. The second-order valence-electron chi connectivity index (χ2n) is 7.82. The van der Waals surface area contributed by atoms with E-state index in [0.717, 1.165) is 12.8 Å². The predicted octanol–water partition coefficient (Wildman–Crippen LogP) is 6.13. The summed E-state index contributed by atoms with van der Waals surface area (Å²) in [5, 5.41) is 13.4. The molecule has 0 saturated carbocycles. The molecule has 166 valence electrons. The molecule has 0 aliphatic heterocycles. The average Bonchev–Trinajstić information content (AvgIpc) is 2.69. The minimum atomic E-state index is -3.41. The molecule has 6 heteroatoms. The van der Waals surface area contributed by atoms with Gasteiger partial charge in [0.1, 0.15) is 5.75 Å². The molecule has 0 atom stereocenters. The van der Waals surface area contributed by atoms with E-state index in [4.69, 9.17) is 0 Å². The van der Waals surface area contributed by atoms with Gasteiger partial charge in [0.25, 0.3) is 0 Å². The van der Waals surface area contributed by atoms with E-state index in [1.54, 1.807) is 18.2 Å². The van der Waals surface area contributed by atoms with Gasteiger partial charge >= 0.3 is 0 Å². The Morgan fingerprint density at radius 3 is 1.83 bits per heavy atom. The second kappa shape index (κ2) is 16.3. The lowest BCUT2D eigenvalue weighted by Gasteiger charge is -2.04. The highest BCUT2D eigenvalue weighted by Crippen LogP contribution is 2.14. The first-order valence-corrected chi connectivity index (χ1v) is 13.0. The molecule has 29 heavy (non-hydrogen) atoms. The number of rotatable bonds is 18. The molecule has 1 aromatic rings. The molecule has 2 N–H and O–H groups in total. The van der Waals surface area contributed by atoms with E-state index in [-0.39, 0.29) is 11.5 Å².